The number of halogens is 3. The molecule has 1 atom stereocenters. The van der Waals surface area contributed by atoms with Crippen molar-refractivity contribution in [2.24, 2.45) is 4.99 Å². The molecule has 4 aromatic rings. The number of hydrogen-bond acceptors (Lipinski definition) is 6. The molecule has 0 radical (unpaired) electrons. The van der Waals surface area contributed by atoms with E-state index in [0.29, 0.717) is 27.8 Å². The zero-order chi connectivity index (χ0) is 30.0. The van der Waals surface area contributed by atoms with Crippen molar-refractivity contribution in [1.82, 2.24) is 14.8 Å². The Morgan fingerprint density at radius 1 is 1.07 bits per heavy atom. The highest BCUT2D eigenvalue weighted by Crippen LogP contribution is 2.37. The molecule has 5 rings (SSSR count). The van der Waals surface area contributed by atoms with Crippen molar-refractivity contribution in [2.75, 3.05) is 17.7 Å². The number of aliphatic imine (C=N–C) groups is 1. The van der Waals surface area contributed by atoms with Crippen LogP contribution in [0.25, 0.3) is 17.1 Å². The van der Waals surface area contributed by atoms with Gasteiger partial charge in [0.15, 0.2) is 11.6 Å². The quantitative estimate of drug-likeness (QED) is 0.239. The summed E-state index contributed by atoms with van der Waals surface area (Å²) < 4.78 is 42.6. The van der Waals surface area contributed by atoms with E-state index in [2.05, 4.69) is 33.7 Å². The fourth-order valence-corrected chi connectivity index (χ4v) is 5.61. The van der Waals surface area contributed by atoms with Crippen LogP contribution in [-0.2, 0) is 4.79 Å². The third-order valence-corrected chi connectivity index (χ3v) is 7.74. The van der Waals surface area contributed by atoms with E-state index in [1.165, 1.54) is 51.9 Å². The molecule has 0 spiro atoms. The first kappa shape index (κ1) is 29.1. The third kappa shape index (κ3) is 6.38. The van der Waals surface area contributed by atoms with Crippen LogP contribution in [0.15, 0.2) is 84.1 Å². The highest BCUT2D eigenvalue weighted by molar-refractivity contribution is 8.15. The lowest BCUT2D eigenvalue weighted by molar-refractivity contribution is -0.274. The molecule has 2 heterocycles. The summed E-state index contributed by atoms with van der Waals surface area (Å²) >= 11 is 1.30. The minimum Gasteiger partial charge on any atom is -0.406 e. The van der Waals surface area contributed by atoms with Crippen molar-refractivity contribution in [3.8, 4) is 22.8 Å². The summed E-state index contributed by atoms with van der Waals surface area (Å²) in [6.07, 6.45) is -3.32. The number of hydrogen-bond donors (Lipinski definition) is 0. The van der Waals surface area contributed by atoms with E-state index in [0.717, 1.165) is 11.1 Å². The van der Waals surface area contributed by atoms with E-state index >= 15 is 0 Å². The number of alkyl halides is 3. The van der Waals surface area contributed by atoms with Crippen molar-refractivity contribution in [3.05, 3.63) is 90.3 Å². The van der Waals surface area contributed by atoms with Gasteiger partial charge in [0.05, 0.1) is 22.4 Å². The Morgan fingerprint density at radius 2 is 1.76 bits per heavy atom. The highest BCUT2D eigenvalue weighted by Gasteiger charge is 2.36. The van der Waals surface area contributed by atoms with Crippen LogP contribution in [0, 0.1) is 0 Å². The number of thioether (sulfide) groups is 1. The van der Waals surface area contributed by atoms with Gasteiger partial charge < -0.3 is 4.74 Å². The predicted octanol–water partition coefficient (Wildman–Crippen LogP) is 7.01. The number of ether oxygens (including phenoxy) is 1. The van der Waals surface area contributed by atoms with Gasteiger partial charge in [-0.2, -0.15) is 4.99 Å². The van der Waals surface area contributed by atoms with Gasteiger partial charge in [-0.3, -0.25) is 9.69 Å². The summed E-state index contributed by atoms with van der Waals surface area (Å²) in [4.78, 5) is 36.0. The second-order valence-electron chi connectivity index (χ2n) is 9.86. The number of rotatable bonds is 6. The standard InChI is InChI=1S/C30H26F3N5O3S/c1-18(2)23-6-4-5-7-24(23)26-25(39)16-42-28(26)35-29(40)37(3)20-10-8-19(9-11-20)27-34-17-38(36-27)21-12-14-22(15-13-21)41-30(31,32)33/h4-15,17-18,26H,16H2,1-3H3/b35-28-. The number of ketones is 1. The molecule has 0 saturated carbocycles. The zero-order valence-electron chi connectivity index (χ0n) is 22.9. The molecule has 216 valence electrons. The maximum Gasteiger partial charge on any atom is 0.573 e. The lowest BCUT2D eigenvalue weighted by Crippen LogP contribution is -2.25. The van der Waals surface area contributed by atoms with Gasteiger partial charge in [0.1, 0.15) is 12.1 Å². The topological polar surface area (TPSA) is 89.7 Å². The number of benzene rings is 3. The van der Waals surface area contributed by atoms with Gasteiger partial charge in [0.25, 0.3) is 0 Å². The summed E-state index contributed by atoms with van der Waals surface area (Å²) in [6, 6.07) is 19.5. The second-order valence-corrected chi connectivity index (χ2v) is 10.9. The average Bonchev–Trinajstić information content (AvgIpc) is 3.59. The molecule has 1 unspecified atom stereocenters. The molecule has 1 fully saturated rings. The molecular weight excluding hydrogens is 567 g/mol. The fraction of sp³-hybridized carbons (Fsp3) is 0.233. The lowest BCUT2D eigenvalue weighted by atomic mass is 9.87. The van der Waals surface area contributed by atoms with Gasteiger partial charge in [0.2, 0.25) is 0 Å². The Bertz CT molecular complexity index is 1630. The Morgan fingerprint density at radius 3 is 2.43 bits per heavy atom. The number of carbonyl (C=O) groups excluding carboxylic acids is 2. The smallest absolute Gasteiger partial charge is 0.406 e. The third-order valence-electron chi connectivity index (χ3n) is 6.69. The SMILES string of the molecule is CC(C)c1ccccc1C1C(=O)CS/C1=N\C(=O)N(C)c1ccc(-c2ncn(-c3ccc(OC(F)(F)F)cc3)n2)cc1. The molecule has 1 saturated heterocycles. The molecule has 12 heteroatoms. The van der Waals surface area contributed by atoms with E-state index in [1.54, 1.807) is 31.3 Å². The number of Topliss-reactive ketones (excluding diaryl/α,β-unsaturated/α-hetero) is 1. The van der Waals surface area contributed by atoms with E-state index in [9.17, 15) is 22.8 Å². The van der Waals surface area contributed by atoms with Gasteiger partial charge in [-0.1, -0.05) is 38.1 Å². The van der Waals surface area contributed by atoms with E-state index in [1.807, 2.05) is 24.3 Å². The predicted molar refractivity (Wildman–Crippen MR) is 155 cm³/mol. The highest BCUT2D eigenvalue weighted by atomic mass is 32.2. The molecule has 0 bridgehead atoms. The van der Waals surface area contributed by atoms with Crippen LogP contribution in [0.4, 0.5) is 23.7 Å². The first-order valence-electron chi connectivity index (χ1n) is 13.0. The van der Waals surface area contributed by atoms with Gasteiger partial charge in [-0.25, -0.2) is 14.5 Å². The molecule has 0 N–H and O–H groups in total. The Kier molecular flexibility index (Phi) is 8.17. The number of carbonyl (C=O) groups is 2. The van der Waals surface area contributed by atoms with Crippen molar-refractivity contribution >= 4 is 34.3 Å². The summed E-state index contributed by atoms with van der Waals surface area (Å²) in [5.41, 5.74) is 3.71. The molecule has 3 aromatic carbocycles. The zero-order valence-corrected chi connectivity index (χ0v) is 23.7. The van der Waals surface area contributed by atoms with E-state index in [-0.39, 0.29) is 23.2 Å². The van der Waals surface area contributed by atoms with Crippen LogP contribution >= 0.6 is 11.8 Å². The van der Waals surface area contributed by atoms with E-state index < -0.39 is 18.3 Å². The van der Waals surface area contributed by atoms with Gasteiger partial charge in [-0.15, -0.1) is 30.0 Å². The molecule has 1 aliphatic rings. The molecular formula is C30H26F3N5O3S. The fourth-order valence-electron chi connectivity index (χ4n) is 4.59. The summed E-state index contributed by atoms with van der Waals surface area (Å²) in [5, 5.41) is 4.90. The molecule has 42 heavy (non-hydrogen) atoms. The Labute approximate surface area is 244 Å². The monoisotopic (exact) mass is 593 g/mol. The number of urea groups is 1. The Balaban J connectivity index is 1.30. The van der Waals surface area contributed by atoms with E-state index in [4.69, 9.17) is 0 Å². The number of amides is 2. The molecule has 0 aliphatic carbocycles. The number of anilines is 1. The summed E-state index contributed by atoms with van der Waals surface area (Å²) in [7, 11) is 1.61. The largest absolute Gasteiger partial charge is 0.573 e. The van der Waals surface area contributed by atoms with Crippen LogP contribution in [-0.4, -0.2) is 50.8 Å². The first-order valence-corrected chi connectivity index (χ1v) is 14.0. The number of aromatic nitrogens is 3. The molecule has 1 aromatic heterocycles. The normalized spacial score (nSPS) is 16.3. The van der Waals surface area contributed by atoms with Crippen LogP contribution in [0.2, 0.25) is 0 Å². The maximum absolute atomic E-state index is 13.1. The summed E-state index contributed by atoms with van der Waals surface area (Å²) in [5.74, 6) is 0.0234. The number of nitrogens with zero attached hydrogens (tertiary/aromatic N) is 5. The minimum atomic E-state index is -4.77. The van der Waals surface area contributed by atoms with Gasteiger partial charge in [-0.05, 0) is 65.6 Å². The first-order chi connectivity index (χ1) is 20.0. The maximum atomic E-state index is 13.1. The van der Waals surface area contributed by atoms with Crippen molar-refractivity contribution in [1.29, 1.82) is 0 Å². The summed E-state index contributed by atoms with van der Waals surface area (Å²) in [6.45, 7) is 4.14. The van der Waals surface area contributed by atoms with Crippen LogP contribution in [0.5, 0.6) is 5.75 Å². The molecule has 2 amide bonds. The average molecular weight is 594 g/mol. The van der Waals surface area contributed by atoms with Crippen molar-refractivity contribution in [3.63, 3.8) is 0 Å². The van der Waals surface area contributed by atoms with Crippen molar-refractivity contribution < 1.29 is 27.5 Å². The van der Waals surface area contributed by atoms with Gasteiger partial charge >= 0.3 is 12.4 Å². The van der Waals surface area contributed by atoms with Crippen molar-refractivity contribution in [2.45, 2.75) is 32.0 Å². The van der Waals surface area contributed by atoms with Crippen LogP contribution in [0.3, 0.4) is 0 Å². The molecule has 8 nitrogen and oxygen atoms in total. The van der Waals surface area contributed by atoms with Crippen LogP contribution in [0.1, 0.15) is 36.8 Å². The van der Waals surface area contributed by atoms with Crippen LogP contribution < -0.4 is 9.64 Å². The lowest BCUT2D eigenvalue weighted by Gasteiger charge is -2.18. The van der Waals surface area contributed by atoms with Gasteiger partial charge in [0, 0.05) is 18.3 Å². The Hall–Kier alpha value is -4.45. The minimum absolute atomic E-state index is 0.0316. The molecule has 1 aliphatic heterocycles. The second kappa shape index (κ2) is 11.8.